The Morgan fingerprint density at radius 2 is 2.50 bits per heavy atom. The fraction of sp³-hybridized carbons (Fsp3) is 0.636. The van der Waals surface area contributed by atoms with Crippen molar-refractivity contribution in [2.45, 2.75) is 19.4 Å². The van der Waals surface area contributed by atoms with Gasteiger partial charge in [0.05, 0.1) is 6.20 Å². The Hall–Kier alpha value is -1.36. The van der Waals surface area contributed by atoms with Gasteiger partial charge in [-0.15, -0.1) is 0 Å². The summed E-state index contributed by atoms with van der Waals surface area (Å²) in [6, 6.07) is 0.490. The molecule has 16 heavy (non-hydrogen) atoms. The lowest BCUT2D eigenvalue weighted by atomic mass is 10.1. The standard InChI is InChI=1S/C11H15N3O2/c1-7-9(4-13-16-7)11(15)14-5-8-2-3-12-10(8)6-14/h4,8,10,12H,2-3,5-6H2,1H3/t8-,10+/m0/s1. The highest BCUT2D eigenvalue weighted by atomic mass is 16.5. The number of carbonyl (C=O) groups is 1. The highest BCUT2D eigenvalue weighted by Crippen LogP contribution is 2.26. The van der Waals surface area contributed by atoms with E-state index >= 15 is 0 Å². The van der Waals surface area contributed by atoms with Gasteiger partial charge >= 0.3 is 0 Å². The molecule has 0 aromatic carbocycles. The molecule has 0 aliphatic carbocycles. The van der Waals surface area contributed by atoms with Crippen LogP contribution in [0.3, 0.4) is 0 Å². The van der Waals surface area contributed by atoms with Gasteiger partial charge in [-0.25, -0.2) is 0 Å². The number of carbonyl (C=O) groups excluding carboxylic acids is 1. The topological polar surface area (TPSA) is 58.4 Å². The zero-order chi connectivity index (χ0) is 11.1. The quantitative estimate of drug-likeness (QED) is 0.746. The van der Waals surface area contributed by atoms with E-state index in [0.29, 0.717) is 23.3 Å². The molecule has 2 atom stereocenters. The number of likely N-dealkylation sites (tertiary alicyclic amines) is 1. The van der Waals surface area contributed by atoms with E-state index in [4.69, 9.17) is 4.52 Å². The molecule has 3 heterocycles. The van der Waals surface area contributed by atoms with Crippen LogP contribution in [0.15, 0.2) is 10.7 Å². The van der Waals surface area contributed by atoms with Crippen molar-refractivity contribution >= 4 is 5.91 Å². The third kappa shape index (κ3) is 1.43. The maximum absolute atomic E-state index is 12.2. The third-order valence-corrected chi connectivity index (χ3v) is 3.63. The maximum atomic E-state index is 12.2. The Kier molecular flexibility index (Phi) is 2.21. The highest BCUT2D eigenvalue weighted by molar-refractivity contribution is 5.95. The van der Waals surface area contributed by atoms with Crippen LogP contribution in [0.5, 0.6) is 0 Å². The van der Waals surface area contributed by atoms with Gasteiger partial charge in [-0.1, -0.05) is 5.16 Å². The van der Waals surface area contributed by atoms with E-state index in [9.17, 15) is 4.79 Å². The second kappa shape index (κ2) is 3.59. The molecule has 0 unspecified atom stereocenters. The van der Waals surface area contributed by atoms with Gasteiger partial charge in [0.2, 0.25) is 0 Å². The van der Waals surface area contributed by atoms with Crippen LogP contribution >= 0.6 is 0 Å². The van der Waals surface area contributed by atoms with E-state index in [1.807, 2.05) is 4.90 Å². The van der Waals surface area contributed by atoms with Gasteiger partial charge in [-0.2, -0.15) is 0 Å². The predicted octanol–water partition coefficient (Wildman–Crippen LogP) is 0.417. The molecule has 5 nitrogen and oxygen atoms in total. The summed E-state index contributed by atoms with van der Waals surface area (Å²) in [5, 5.41) is 7.08. The van der Waals surface area contributed by atoms with E-state index in [0.717, 1.165) is 19.6 Å². The first kappa shape index (κ1) is 9.84. The third-order valence-electron chi connectivity index (χ3n) is 3.63. The molecule has 0 bridgehead atoms. The second-order valence-corrected chi connectivity index (χ2v) is 4.62. The molecule has 2 saturated heterocycles. The summed E-state index contributed by atoms with van der Waals surface area (Å²) in [7, 11) is 0. The van der Waals surface area contributed by atoms with Crippen LogP contribution in [0.1, 0.15) is 22.5 Å². The van der Waals surface area contributed by atoms with Crippen molar-refractivity contribution in [3.8, 4) is 0 Å². The van der Waals surface area contributed by atoms with E-state index < -0.39 is 0 Å². The Labute approximate surface area is 93.8 Å². The van der Waals surface area contributed by atoms with Crippen molar-refractivity contribution in [2.24, 2.45) is 5.92 Å². The van der Waals surface area contributed by atoms with Gasteiger partial charge in [0.1, 0.15) is 11.3 Å². The SMILES string of the molecule is Cc1oncc1C(=O)N1C[C@@H]2CCN[C@@H]2C1. The second-order valence-electron chi connectivity index (χ2n) is 4.62. The fourth-order valence-corrected chi connectivity index (χ4v) is 2.69. The van der Waals surface area contributed by atoms with Crippen molar-refractivity contribution in [2.75, 3.05) is 19.6 Å². The fourth-order valence-electron chi connectivity index (χ4n) is 2.69. The minimum absolute atomic E-state index is 0.0509. The lowest BCUT2D eigenvalue weighted by Gasteiger charge is -2.16. The molecular weight excluding hydrogens is 206 g/mol. The minimum Gasteiger partial charge on any atom is -0.361 e. The molecule has 3 rings (SSSR count). The van der Waals surface area contributed by atoms with Crippen molar-refractivity contribution in [3.63, 3.8) is 0 Å². The number of rotatable bonds is 1. The smallest absolute Gasteiger partial charge is 0.259 e. The summed E-state index contributed by atoms with van der Waals surface area (Å²) < 4.78 is 4.93. The molecule has 2 aliphatic heterocycles. The van der Waals surface area contributed by atoms with Crippen LogP contribution < -0.4 is 5.32 Å². The molecule has 2 fully saturated rings. The van der Waals surface area contributed by atoms with Crippen LogP contribution in [0.2, 0.25) is 0 Å². The number of hydrogen-bond acceptors (Lipinski definition) is 4. The van der Waals surface area contributed by atoms with Crippen molar-refractivity contribution in [3.05, 3.63) is 17.5 Å². The van der Waals surface area contributed by atoms with Gasteiger partial charge in [-0.05, 0) is 25.8 Å². The van der Waals surface area contributed by atoms with Crippen LogP contribution in [-0.4, -0.2) is 41.6 Å². The normalized spacial score (nSPS) is 28.4. The minimum atomic E-state index is 0.0509. The van der Waals surface area contributed by atoms with E-state index in [2.05, 4.69) is 10.5 Å². The first-order valence-corrected chi connectivity index (χ1v) is 5.69. The molecule has 86 valence electrons. The monoisotopic (exact) mass is 221 g/mol. The predicted molar refractivity (Wildman–Crippen MR) is 57.0 cm³/mol. The molecule has 0 saturated carbocycles. The van der Waals surface area contributed by atoms with Crippen LogP contribution in [0, 0.1) is 12.8 Å². The summed E-state index contributed by atoms with van der Waals surface area (Å²) >= 11 is 0. The Morgan fingerprint density at radius 1 is 1.62 bits per heavy atom. The summed E-state index contributed by atoms with van der Waals surface area (Å²) in [4.78, 5) is 14.1. The number of aryl methyl sites for hydroxylation is 1. The average molecular weight is 221 g/mol. The Bertz CT molecular complexity index is 403. The maximum Gasteiger partial charge on any atom is 0.259 e. The van der Waals surface area contributed by atoms with Crippen LogP contribution in [0.25, 0.3) is 0 Å². The van der Waals surface area contributed by atoms with Gasteiger partial charge in [0, 0.05) is 19.1 Å². The van der Waals surface area contributed by atoms with Crippen molar-refractivity contribution in [1.29, 1.82) is 0 Å². The zero-order valence-electron chi connectivity index (χ0n) is 9.27. The number of nitrogens with one attached hydrogen (secondary N) is 1. The Morgan fingerprint density at radius 3 is 3.19 bits per heavy atom. The summed E-state index contributed by atoms with van der Waals surface area (Å²) in [6.07, 6.45) is 2.69. The molecule has 0 spiro atoms. The first-order chi connectivity index (χ1) is 7.75. The van der Waals surface area contributed by atoms with Crippen molar-refractivity contribution < 1.29 is 9.32 Å². The molecule has 0 radical (unpaired) electrons. The molecule has 2 aliphatic rings. The molecule has 1 amide bonds. The van der Waals surface area contributed by atoms with Gasteiger partial charge in [0.15, 0.2) is 0 Å². The number of hydrogen-bond donors (Lipinski definition) is 1. The van der Waals surface area contributed by atoms with E-state index in [1.54, 1.807) is 6.92 Å². The number of nitrogens with zero attached hydrogens (tertiary/aromatic N) is 2. The van der Waals surface area contributed by atoms with E-state index in [1.165, 1.54) is 12.6 Å². The summed E-state index contributed by atoms with van der Waals surface area (Å²) in [5.74, 6) is 1.29. The Balaban J connectivity index is 1.75. The molecule has 1 aromatic heterocycles. The van der Waals surface area contributed by atoms with Gasteiger partial charge in [-0.3, -0.25) is 4.79 Å². The number of aromatic nitrogens is 1. The largest absolute Gasteiger partial charge is 0.361 e. The molecule has 5 heteroatoms. The lowest BCUT2D eigenvalue weighted by Crippen LogP contribution is -2.34. The highest BCUT2D eigenvalue weighted by Gasteiger charge is 2.38. The number of amides is 1. The molecular formula is C11H15N3O2. The van der Waals surface area contributed by atoms with Crippen LogP contribution in [0.4, 0.5) is 0 Å². The number of fused-ring (bicyclic) bond motifs is 1. The molecule has 1 aromatic rings. The molecule has 1 N–H and O–H groups in total. The lowest BCUT2D eigenvalue weighted by molar-refractivity contribution is 0.0781. The first-order valence-electron chi connectivity index (χ1n) is 5.69. The van der Waals surface area contributed by atoms with Crippen LogP contribution in [-0.2, 0) is 0 Å². The van der Waals surface area contributed by atoms with Crippen molar-refractivity contribution in [1.82, 2.24) is 15.4 Å². The average Bonchev–Trinajstić information content (AvgIpc) is 2.89. The van der Waals surface area contributed by atoms with E-state index in [-0.39, 0.29) is 5.91 Å². The summed E-state index contributed by atoms with van der Waals surface area (Å²) in [6.45, 7) is 4.54. The van der Waals surface area contributed by atoms with Gasteiger partial charge in [0.25, 0.3) is 5.91 Å². The summed E-state index contributed by atoms with van der Waals surface area (Å²) in [5.41, 5.74) is 0.597. The zero-order valence-corrected chi connectivity index (χ0v) is 9.27. The van der Waals surface area contributed by atoms with Gasteiger partial charge < -0.3 is 14.7 Å².